The zero-order valence-electron chi connectivity index (χ0n) is 15.4. The van der Waals surface area contributed by atoms with E-state index in [4.69, 9.17) is 5.11 Å². The van der Waals surface area contributed by atoms with E-state index in [0.717, 1.165) is 50.8 Å². The smallest absolute Gasteiger partial charge is 0.335 e. The van der Waals surface area contributed by atoms with Gasteiger partial charge in [-0.15, -0.1) is 0 Å². The number of likely N-dealkylation sites (tertiary alicyclic amines) is 1. The van der Waals surface area contributed by atoms with Crippen molar-refractivity contribution in [1.29, 1.82) is 0 Å². The maximum atomic E-state index is 12.1. The molecule has 1 fully saturated rings. The molecule has 26 heavy (non-hydrogen) atoms. The van der Waals surface area contributed by atoms with Crippen molar-refractivity contribution in [2.75, 3.05) is 13.1 Å². The third-order valence-corrected chi connectivity index (χ3v) is 4.88. The minimum atomic E-state index is -0.926. The van der Waals surface area contributed by atoms with Gasteiger partial charge >= 0.3 is 5.97 Å². The first kappa shape index (κ1) is 20.3. The number of aliphatic hydroxyl groups is 1. The average Bonchev–Trinajstić information content (AvgIpc) is 2.98. The van der Waals surface area contributed by atoms with Crippen LogP contribution in [0.2, 0.25) is 0 Å². The molecule has 1 aromatic rings. The molecule has 0 unspecified atom stereocenters. The number of rotatable bonds is 10. The van der Waals surface area contributed by atoms with Gasteiger partial charge in [0.15, 0.2) is 5.78 Å². The topological polar surface area (TPSA) is 77.8 Å². The van der Waals surface area contributed by atoms with Gasteiger partial charge < -0.3 is 10.2 Å². The highest BCUT2D eigenvalue weighted by molar-refractivity contribution is 5.88. The predicted molar refractivity (Wildman–Crippen MR) is 101 cm³/mol. The Morgan fingerprint density at radius 2 is 2.04 bits per heavy atom. The van der Waals surface area contributed by atoms with Gasteiger partial charge in [0.05, 0.1) is 17.7 Å². The Labute approximate surface area is 155 Å². The molecular formula is C21H29NO4. The second-order valence-electron chi connectivity index (χ2n) is 6.90. The first-order chi connectivity index (χ1) is 12.5. The third-order valence-electron chi connectivity index (χ3n) is 4.88. The first-order valence-electron chi connectivity index (χ1n) is 9.46. The number of ketones is 1. The third kappa shape index (κ3) is 6.07. The van der Waals surface area contributed by atoms with Crippen LogP contribution in [0.5, 0.6) is 0 Å². The summed E-state index contributed by atoms with van der Waals surface area (Å²) in [6.07, 6.45) is 8.39. The lowest BCUT2D eigenvalue weighted by Gasteiger charge is -2.21. The van der Waals surface area contributed by atoms with E-state index >= 15 is 0 Å². The lowest BCUT2D eigenvalue weighted by molar-refractivity contribution is -0.118. The molecule has 1 aliphatic heterocycles. The molecule has 0 aromatic heterocycles. The maximum absolute atomic E-state index is 12.1. The van der Waals surface area contributed by atoms with Crippen LogP contribution in [0.3, 0.4) is 0 Å². The molecule has 5 nitrogen and oxygen atoms in total. The molecule has 1 heterocycles. The fraction of sp³-hybridized carbons (Fsp3) is 0.524. The Kier molecular flexibility index (Phi) is 8.01. The normalized spacial score (nSPS) is 19.3. The van der Waals surface area contributed by atoms with Crippen LogP contribution in [0.15, 0.2) is 36.4 Å². The number of carboxylic acid groups (broad SMARTS) is 1. The largest absolute Gasteiger partial charge is 0.478 e. The number of hydrogen-bond acceptors (Lipinski definition) is 4. The Morgan fingerprint density at radius 1 is 1.31 bits per heavy atom. The van der Waals surface area contributed by atoms with Crippen molar-refractivity contribution in [1.82, 2.24) is 4.90 Å². The van der Waals surface area contributed by atoms with E-state index in [2.05, 4.69) is 11.8 Å². The molecule has 0 radical (unpaired) electrons. The molecule has 0 saturated carbocycles. The van der Waals surface area contributed by atoms with Crippen LogP contribution in [0.4, 0.5) is 0 Å². The van der Waals surface area contributed by atoms with Crippen LogP contribution in [-0.4, -0.2) is 52.1 Å². The summed E-state index contributed by atoms with van der Waals surface area (Å²) < 4.78 is 0. The van der Waals surface area contributed by atoms with Crippen molar-refractivity contribution in [2.45, 2.75) is 57.6 Å². The van der Waals surface area contributed by atoms with Crippen LogP contribution < -0.4 is 0 Å². The summed E-state index contributed by atoms with van der Waals surface area (Å²) in [5.74, 6) is -0.729. The van der Waals surface area contributed by atoms with Crippen molar-refractivity contribution in [3.05, 3.63) is 47.5 Å². The van der Waals surface area contributed by atoms with Gasteiger partial charge in [0.2, 0.25) is 0 Å². The van der Waals surface area contributed by atoms with Gasteiger partial charge in [-0.3, -0.25) is 9.69 Å². The number of aliphatic hydroxyl groups excluding tert-OH is 1. The Balaban J connectivity index is 1.87. The van der Waals surface area contributed by atoms with Crippen molar-refractivity contribution in [2.24, 2.45) is 0 Å². The number of hydrogen-bond donors (Lipinski definition) is 2. The highest BCUT2D eigenvalue weighted by Crippen LogP contribution is 2.17. The molecule has 0 aliphatic carbocycles. The summed E-state index contributed by atoms with van der Waals surface area (Å²) in [7, 11) is 0. The Morgan fingerprint density at radius 3 is 2.69 bits per heavy atom. The number of carbonyl (C=O) groups excluding carboxylic acids is 1. The summed E-state index contributed by atoms with van der Waals surface area (Å²) in [4.78, 5) is 25.2. The van der Waals surface area contributed by atoms with Crippen molar-refractivity contribution < 1.29 is 19.8 Å². The fourth-order valence-electron chi connectivity index (χ4n) is 3.24. The number of unbranched alkanes of at least 4 members (excludes halogenated alkanes) is 2. The van der Waals surface area contributed by atoms with Gasteiger partial charge in [-0.1, -0.05) is 50.5 Å². The van der Waals surface area contributed by atoms with Gasteiger partial charge in [-0.2, -0.15) is 0 Å². The molecule has 1 saturated heterocycles. The molecular weight excluding hydrogens is 330 g/mol. The number of nitrogens with zero attached hydrogens (tertiary/aromatic N) is 1. The standard InChI is InChI=1S/C21H29NO4/c1-2-3-4-5-18(23)10-11-19-20(24)13-15-22(19)14-12-16-6-8-17(9-7-16)21(25)26/h6-11,18-19,23H,2-5,12-15H2,1H3,(H,25,26)/t18-,19+/m0/s1. The molecule has 0 spiro atoms. The van der Waals surface area contributed by atoms with Gasteiger partial charge in [-0.25, -0.2) is 4.79 Å². The molecule has 2 atom stereocenters. The quantitative estimate of drug-likeness (QED) is 0.496. The summed E-state index contributed by atoms with van der Waals surface area (Å²) in [5.41, 5.74) is 1.33. The van der Waals surface area contributed by atoms with Gasteiger partial charge in [0.25, 0.3) is 0 Å². The SMILES string of the molecule is CCCCC[C@H](O)C=C[C@@H]1C(=O)CCN1CCc1ccc(C(=O)O)cc1. The molecule has 0 amide bonds. The van der Waals surface area contributed by atoms with Crippen molar-refractivity contribution in [3.63, 3.8) is 0 Å². The van der Waals surface area contributed by atoms with E-state index in [1.54, 1.807) is 18.2 Å². The Hall–Kier alpha value is -1.98. The van der Waals surface area contributed by atoms with Crippen molar-refractivity contribution >= 4 is 11.8 Å². The zero-order chi connectivity index (χ0) is 18.9. The highest BCUT2D eigenvalue weighted by Gasteiger charge is 2.29. The minimum absolute atomic E-state index is 0.197. The second-order valence-corrected chi connectivity index (χ2v) is 6.90. The molecule has 2 N–H and O–H groups in total. The number of carboxylic acids is 1. The minimum Gasteiger partial charge on any atom is -0.478 e. The highest BCUT2D eigenvalue weighted by atomic mass is 16.4. The van der Waals surface area contributed by atoms with Crippen LogP contribution in [0, 0.1) is 0 Å². The van der Waals surface area contributed by atoms with Crippen molar-refractivity contribution in [3.8, 4) is 0 Å². The number of carbonyl (C=O) groups is 2. The molecule has 0 bridgehead atoms. The molecule has 1 aliphatic rings. The second kappa shape index (κ2) is 10.2. The van der Waals surface area contributed by atoms with E-state index in [0.29, 0.717) is 6.42 Å². The van der Waals surface area contributed by atoms with Crippen LogP contribution >= 0.6 is 0 Å². The zero-order valence-corrected chi connectivity index (χ0v) is 15.4. The average molecular weight is 359 g/mol. The van der Waals surface area contributed by atoms with Gasteiger partial charge in [0.1, 0.15) is 0 Å². The van der Waals surface area contributed by atoms with E-state index < -0.39 is 12.1 Å². The van der Waals surface area contributed by atoms with E-state index in [9.17, 15) is 14.7 Å². The van der Waals surface area contributed by atoms with E-state index in [1.165, 1.54) is 0 Å². The summed E-state index contributed by atoms with van der Waals surface area (Å²) in [6, 6.07) is 6.61. The maximum Gasteiger partial charge on any atom is 0.335 e. The molecule has 1 aromatic carbocycles. The van der Waals surface area contributed by atoms with Gasteiger partial charge in [-0.05, 0) is 30.5 Å². The van der Waals surface area contributed by atoms with E-state index in [1.807, 2.05) is 18.2 Å². The lowest BCUT2D eigenvalue weighted by atomic mass is 10.1. The number of Topliss-reactive ketones (excluding diaryl/α,β-unsaturated/α-hetero) is 1. The molecule has 2 rings (SSSR count). The van der Waals surface area contributed by atoms with Crippen LogP contribution in [0.25, 0.3) is 0 Å². The van der Waals surface area contributed by atoms with Crippen LogP contribution in [0.1, 0.15) is 54.9 Å². The number of benzene rings is 1. The molecule has 5 heteroatoms. The Bertz CT molecular complexity index is 623. The fourth-order valence-corrected chi connectivity index (χ4v) is 3.24. The monoisotopic (exact) mass is 359 g/mol. The lowest BCUT2D eigenvalue weighted by Crippen LogP contribution is -2.33. The molecule has 142 valence electrons. The van der Waals surface area contributed by atoms with Crippen LogP contribution in [-0.2, 0) is 11.2 Å². The summed E-state index contributed by atoms with van der Waals surface area (Å²) >= 11 is 0. The summed E-state index contributed by atoms with van der Waals surface area (Å²) in [6.45, 7) is 3.60. The predicted octanol–water partition coefficient (Wildman–Crippen LogP) is 3.07. The van der Waals surface area contributed by atoms with Gasteiger partial charge in [0, 0.05) is 19.5 Å². The first-order valence-corrected chi connectivity index (χ1v) is 9.46. The van der Waals surface area contributed by atoms with E-state index in [-0.39, 0.29) is 17.4 Å². The number of aromatic carboxylic acids is 1. The summed E-state index contributed by atoms with van der Waals surface area (Å²) in [5, 5.41) is 19.0.